The molecule has 0 spiro atoms. The van der Waals surface area contributed by atoms with Crippen LogP contribution in [-0.2, 0) is 19.0 Å². The topological polar surface area (TPSA) is 77.4 Å². The summed E-state index contributed by atoms with van der Waals surface area (Å²) in [7, 11) is 0. The highest BCUT2D eigenvalue weighted by atomic mass is 16.8. The summed E-state index contributed by atoms with van der Waals surface area (Å²) in [6.07, 6.45) is 1.73. The van der Waals surface area contributed by atoms with E-state index in [1.807, 2.05) is 80.6 Å². The molecule has 2 aliphatic rings. The number of aliphatic hydroxyl groups is 1. The van der Waals surface area contributed by atoms with Crippen molar-refractivity contribution in [3.63, 3.8) is 0 Å². The van der Waals surface area contributed by atoms with Gasteiger partial charge in [0, 0.05) is 17.0 Å². The molecular weight excluding hydrogens is 406 g/mol. The molecule has 0 unspecified atom stereocenters. The Hall–Kier alpha value is -2.80. The molecule has 1 heterocycles. The van der Waals surface area contributed by atoms with Gasteiger partial charge in [-0.25, -0.2) is 4.79 Å². The zero-order chi connectivity index (χ0) is 22.7. The van der Waals surface area contributed by atoms with Crippen LogP contribution in [0, 0.1) is 5.92 Å². The predicted octanol–water partition coefficient (Wildman–Crippen LogP) is 3.52. The van der Waals surface area contributed by atoms with Crippen molar-refractivity contribution >= 4 is 11.7 Å². The first-order chi connectivity index (χ1) is 15.4. The fourth-order valence-electron chi connectivity index (χ4n) is 4.26. The van der Waals surface area contributed by atoms with Crippen LogP contribution in [0.1, 0.15) is 31.9 Å². The number of rotatable bonds is 6. The van der Waals surface area contributed by atoms with Crippen molar-refractivity contribution in [1.82, 2.24) is 0 Å². The van der Waals surface area contributed by atoms with E-state index in [-0.39, 0.29) is 12.7 Å². The minimum absolute atomic E-state index is 0.224. The van der Waals surface area contributed by atoms with Crippen LogP contribution in [0.4, 0.5) is 0 Å². The first-order valence-corrected chi connectivity index (χ1v) is 11.0. The molecular formula is C26H29NO5. The minimum atomic E-state index is -0.974. The lowest BCUT2D eigenvalue weighted by molar-refractivity contribution is -0.158. The maximum atomic E-state index is 13.1. The van der Waals surface area contributed by atoms with Crippen LogP contribution >= 0.6 is 0 Å². The van der Waals surface area contributed by atoms with Gasteiger partial charge in [-0.15, -0.1) is 0 Å². The molecule has 5 atom stereocenters. The van der Waals surface area contributed by atoms with E-state index in [0.717, 1.165) is 11.1 Å². The summed E-state index contributed by atoms with van der Waals surface area (Å²) in [5, 5.41) is 11.2. The van der Waals surface area contributed by atoms with Gasteiger partial charge in [0.2, 0.25) is 0 Å². The largest absolute Gasteiger partial charge is 0.464 e. The molecule has 0 saturated carbocycles. The van der Waals surface area contributed by atoms with Gasteiger partial charge < -0.3 is 19.3 Å². The summed E-state index contributed by atoms with van der Waals surface area (Å²) in [6.45, 7) is 5.60. The van der Waals surface area contributed by atoms with E-state index >= 15 is 0 Å². The highest BCUT2D eigenvalue weighted by Gasteiger charge is 2.50. The van der Waals surface area contributed by atoms with Crippen LogP contribution in [0.15, 0.2) is 77.8 Å². The Morgan fingerprint density at radius 1 is 1.03 bits per heavy atom. The first kappa shape index (κ1) is 22.4. The molecule has 1 saturated heterocycles. The van der Waals surface area contributed by atoms with Gasteiger partial charge in [-0.05, 0) is 20.8 Å². The second kappa shape index (κ2) is 9.36. The molecule has 1 fully saturated rings. The van der Waals surface area contributed by atoms with Crippen LogP contribution < -0.4 is 0 Å². The van der Waals surface area contributed by atoms with Crippen LogP contribution in [0.25, 0.3) is 0 Å². The normalized spacial score (nSPS) is 26.8. The van der Waals surface area contributed by atoms with Gasteiger partial charge in [0.15, 0.2) is 11.8 Å². The zero-order valence-corrected chi connectivity index (χ0v) is 18.5. The Morgan fingerprint density at radius 2 is 1.62 bits per heavy atom. The Bertz CT molecular complexity index is 944. The van der Waals surface area contributed by atoms with E-state index < -0.39 is 35.9 Å². The Balaban J connectivity index is 1.76. The number of hydrogen-bond donors (Lipinski definition) is 1. The van der Waals surface area contributed by atoms with Gasteiger partial charge in [-0.3, -0.25) is 4.99 Å². The zero-order valence-electron chi connectivity index (χ0n) is 18.5. The van der Waals surface area contributed by atoms with Crippen molar-refractivity contribution in [1.29, 1.82) is 0 Å². The Morgan fingerprint density at radius 3 is 2.19 bits per heavy atom. The van der Waals surface area contributed by atoms with E-state index in [0.29, 0.717) is 5.71 Å². The average Bonchev–Trinajstić information content (AvgIpc) is 3.12. The summed E-state index contributed by atoms with van der Waals surface area (Å²) >= 11 is 0. The molecule has 0 amide bonds. The lowest BCUT2D eigenvalue weighted by atomic mass is 9.83. The molecule has 6 nitrogen and oxygen atoms in total. The van der Waals surface area contributed by atoms with Crippen LogP contribution in [0.5, 0.6) is 0 Å². The van der Waals surface area contributed by atoms with Crippen LogP contribution in [0.3, 0.4) is 0 Å². The number of nitrogens with zero attached hydrogens (tertiary/aromatic N) is 1. The molecule has 6 heteroatoms. The molecule has 32 heavy (non-hydrogen) atoms. The van der Waals surface area contributed by atoms with Gasteiger partial charge in [-0.1, -0.05) is 72.8 Å². The highest BCUT2D eigenvalue weighted by molar-refractivity contribution is 6.13. The molecule has 2 aromatic rings. The number of aliphatic imine (C=N–C) groups is 1. The van der Waals surface area contributed by atoms with Gasteiger partial charge in [0.1, 0.15) is 12.2 Å². The summed E-state index contributed by atoms with van der Waals surface area (Å²) in [6, 6.07) is 18.5. The van der Waals surface area contributed by atoms with Gasteiger partial charge in [0.25, 0.3) is 0 Å². The Kier molecular flexibility index (Phi) is 6.55. The number of carbonyl (C=O) groups is 1. The fraction of sp³-hybridized carbons (Fsp3) is 0.385. The summed E-state index contributed by atoms with van der Waals surface area (Å²) in [5.41, 5.74) is 2.42. The van der Waals surface area contributed by atoms with E-state index in [1.165, 1.54) is 0 Å². The van der Waals surface area contributed by atoms with Crippen LogP contribution in [-0.4, -0.2) is 53.5 Å². The monoisotopic (exact) mass is 435 g/mol. The molecule has 1 aliphatic heterocycles. The summed E-state index contributed by atoms with van der Waals surface area (Å²) in [5.74, 6) is -1.91. The second-order valence-corrected chi connectivity index (χ2v) is 8.42. The molecule has 0 bridgehead atoms. The number of fused-ring (bicyclic) bond motifs is 1. The van der Waals surface area contributed by atoms with Gasteiger partial charge >= 0.3 is 5.97 Å². The third-order valence-electron chi connectivity index (χ3n) is 5.67. The van der Waals surface area contributed by atoms with Crippen molar-refractivity contribution in [2.24, 2.45) is 10.9 Å². The maximum absolute atomic E-state index is 13.1. The standard InChI is InChI=1S/C26H29NO5/c1-4-30-25(29)22(19-15-16-20-24(23(19)28)32-26(2,3)31-20)27-21(17-11-7-5-8-12-17)18-13-9-6-10-14-18/h5-16,19-20,22-24,28H,4H2,1-3H3/t19-,20-,22-,23-,24-/m0/s1. The fourth-order valence-corrected chi connectivity index (χ4v) is 4.26. The molecule has 2 aromatic carbocycles. The van der Waals surface area contributed by atoms with Crippen molar-refractivity contribution in [3.05, 3.63) is 83.9 Å². The van der Waals surface area contributed by atoms with Crippen molar-refractivity contribution in [2.45, 2.75) is 50.9 Å². The molecule has 4 rings (SSSR count). The summed E-state index contributed by atoms with van der Waals surface area (Å²) < 4.78 is 17.2. The van der Waals surface area contributed by atoms with Gasteiger partial charge in [0.05, 0.1) is 18.4 Å². The Labute approximate surface area is 188 Å². The maximum Gasteiger partial charge on any atom is 0.331 e. The predicted molar refractivity (Wildman–Crippen MR) is 121 cm³/mol. The third-order valence-corrected chi connectivity index (χ3v) is 5.67. The van der Waals surface area contributed by atoms with E-state index in [1.54, 1.807) is 13.0 Å². The molecule has 168 valence electrons. The van der Waals surface area contributed by atoms with Crippen molar-refractivity contribution in [3.8, 4) is 0 Å². The molecule has 0 aromatic heterocycles. The smallest absolute Gasteiger partial charge is 0.331 e. The number of aliphatic hydroxyl groups excluding tert-OH is 1. The minimum Gasteiger partial charge on any atom is -0.464 e. The van der Waals surface area contributed by atoms with E-state index in [2.05, 4.69) is 0 Å². The number of ether oxygens (including phenoxy) is 3. The average molecular weight is 436 g/mol. The summed E-state index contributed by atoms with van der Waals surface area (Å²) in [4.78, 5) is 18.0. The van der Waals surface area contributed by atoms with E-state index in [4.69, 9.17) is 19.2 Å². The van der Waals surface area contributed by atoms with Crippen LogP contribution in [0.2, 0.25) is 0 Å². The first-order valence-electron chi connectivity index (χ1n) is 11.0. The number of carbonyl (C=O) groups excluding carboxylic acids is 1. The molecule has 1 N–H and O–H groups in total. The highest BCUT2D eigenvalue weighted by Crippen LogP contribution is 2.37. The van der Waals surface area contributed by atoms with Crippen molar-refractivity contribution < 1.29 is 24.1 Å². The van der Waals surface area contributed by atoms with E-state index in [9.17, 15) is 9.90 Å². The SMILES string of the molecule is CCOC(=O)[C@@H](N=C(c1ccccc1)c1ccccc1)[C@@H]1C=C[C@@H]2OC(C)(C)O[C@@H]2[C@H]1O. The molecule has 0 radical (unpaired) electrons. The third kappa shape index (κ3) is 4.67. The number of hydrogen-bond acceptors (Lipinski definition) is 6. The number of esters is 1. The van der Waals surface area contributed by atoms with Crippen molar-refractivity contribution in [2.75, 3.05) is 6.61 Å². The lowest BCUT2D eigenvalue weighted by Crippen LogP contribution is -2.48. The quantitative estimate of drug-likeness (QED) is 0.427. The lowest BCUT2D eigenvalue weighted by Gasteiger charge is -2.33. The van der Waals surface area contributed by atoms with Gasteiger partial charge in [-0.2, -0.15) is 0 Å². The number of benzene rings is 2. The molecule has 1 aliphatic carbocycles. The second-order valence-electron chi connectivity index (χ2n) is 8.42.